The number of amidine groups is 1. The number of carbonyl (C=O) groups excluding carboxylic acids is 1. The fourth-order valence-corrected chi connectivity index (χ4v) is 3.60. The second-order valence-corrected chi connectivity index (χ2v) is 7.31. The highest BCUT2D eigenvalue weighted by Crippen LogP contribution is 2.33. The van der Waals surface area contributed by atoms with Crippen LogP contribution in [0, 0.1) is 17.0 Å². The maximum atomic E-state index is 11.9. The number of hydrogen-bond donors (Lipinski definition) is 1. The second kappa shape index (κ2) is 7.76. The van der Waals surface area contributed by atoms with Gasteiger partial charge in [0.1, 0.15) is 17.4 Å². The van der Waals surface area contributed by atoms with Gasteiger partial charge in [-0.25, -0.2) is 4.99 Å². The average molecular weight is 405 g/mol. The Morgan fingerprint density at radius 2 is 1.97 bits per heavy atom. The molecule has 0 bridgehead atoms. The lowest BCUT2D eigenvalue weighted by atomic mass is 10.1. The number of nitro benzene ring substituents is 1. The Balaban J connectivity index is 1.67. The van der Waals surface area contributed by atoms with E-state index in [0.717, 1.165) is 23.0 Å². The summed E-state index contributed by atoms with van der Waals surface area (Å²) < 4.78 is 5.79. The number of hydrogen-bond acceptors (Lipinski definition) is 6. The van der Waals surface area contributed by atoms with Crippen LogP contribution in [0.5, 0.6) is 0 Å². The molecule has 1 saturated heterocycles. The highest BCUT2D eigenvalue weighted by molar-refractivity contribution is 8.18. The van der Waals surface area contributed by atoms with Crippen molar-refractivity contribution in [1.29, 1.82) is 0 Å². The quantitative estimate of drug-likeness (QED) is 0.444. The highest BCUT2D eigenvalue weighted by atomic mass is 32.2. The van der Waals surface area contributed by atoms with Crippen LogP contribution >= 0.6 is 11.8 Å². The van der Waals surface area contributed by atoms with Crippen molar-refractivity contribution in [2.75, 3.05) is 0 Å². The van der Waals surface area contributed by atoms with Gasteiger partial charge in [0, 0.05) is 6.07 Å². The molecule has 0 atom stereocenters. The van der Waals surface area contributed by atoms with Gasteiger partial charge in [0.2, 0.25) is 0 Å². The van der Waals surface area contributed by atoms with Crippen LogP contribution < -0.4 is 5.32 Å². The molecule has 7 nitrogen and oxygen atoms in total. The lowest BCUT2D eigenvalue weighted by molar-refractivity contribution is -0.384. The van der Waals surface area contributed by atoms with Gasteiger partial charge in [0.15, 0.2) is 0 Å². The summed E-state index contributed by atoms with van der Waals surface area (Å²) in [6, 6.07) is 17.4. The van der Waals surface area contributed by atoms with Gasteiger partial charge < -0.3 is 9.73 Å². The van der Waals surface area contributed by atoms with Crippen LogP contribution in [0.4, 0.5) is 16.2 Å². The number of furan rings is 1. The fourth-order valence-electron chi connectivity index (χ4n) is 2.89. The first-order chi connectivity index (χ1) is 14.0. The van der Waals surface area contributed by atoms with E-state index in [1.165, 1.54) is 6.07 Å². The summed E-state index contributed by atoms with van der Waals surface area (Å²) in [5.41, 5.74) is 2.15. The Hall–Kier alpha value is -3.65. The van der Waals surface area contributed by atoms with E-state index in [1.807, 2.05) is 31.2 Å². The van der Waals surface area contributed by atoms with Crippen LogP contribution in [-0.2, 0) is 0 Å². The van der Waals surface area contributed by atoms with Crippen molar-refractivity contribution < 1.29 is 14.1 Å². The maximum Gasteiger partial charge on any atom is 0.289 e. The summed E-state index contributed by atoms with van der Waals surface area (Å²) >= 11 is 1.02. The van der Waals surface area contributed by atoms with Crippen molar-refractivity contribution in [3.05, 3.63) is 87.0 Å². The minimum Gasteiger partial charge on any atom is -0.456 e. The zero-order chi connectivity index (χ0) is 20.4. The van der Waals surface area contributed by atoms with Gasteiger partial charge in [-0.15, -0.1) is 0 Å². The molecule has 3 aromatic rings. The van der Waals surface area contributed by atoms with E-state index in [-0.39, 0.29) is 10.9 Å². The Morgan fingerprint density at radius 1 is 1.14 bits per heavy atom. The summed E-state index contributed by atoms with van der Waals surface area (Å²) in [7, 11) is 0. The van der Waals surface area contributed by atoms with Crippen molar-refractivity contribution in [2.45, 2.75) is 6.92 Å². The number of aryl methyl sites for hydroxylation is 1. The standard InChI is InChI=1S/C21H15N3O4S/c1-13-5-4-6-14(11-13)22-20-19(29-21(25)23-20)12-15-9-10-18(28-15)16-7-2-3-8-17(16)24(26)27/h2-12H,1H3,(H,22,23,25)/b19-12-. The third kappa shape index (κ3) is 4.12. The lowest BCUT2D eigenvalue weighted by Crippen LogP contribution is -2.18. The molecule has 1 fully saturated rings. The SMILES string of the molecule is Cc1cccc(N=C2NC(=O)S/C2=C\c2ccc(-c3ccccc3[N+](=O)[O-])o2)c1. The Bertz CT molecular complexity index is 1180. The summed E-state index contributed by atoms with van der Waals surface area (Å²) in [6.45, 7) is 1.97. The van der Waals surface area contributed by atoms with Crippen LogP contribution in [0.1, 0.15) is 11.3 Å². The van der Waals surface area contributed by atoms with E-state index in [4.69, 9.17) is 4.42 Å². The molecule has 4 rings (SSSR count). The van der Waals surface area contributed by atoms with Crippen LogP contribution in [0.2, 0.25) is 0 Å². The van der Waals surface area contributed by atoms with Crippen molar-refractivity contribution in [3.8, 4) is 11.3 Å². The maximum absolute atomic E-state index is 11.9. The molecule has 1 aromatic heterocycles. The molecule has 1 N–H and O–H groups in total. The van der Waals surface area contributed by atoms with Crippen molar-refractivity contribution in [3.63, 3.8) is 0 Å². The fraction of sp³-hybridized carbons (Fsp3) is 0.0476. The topological polar surface area (TPSA) is 97.7 Å². The van der Waals surface area contributed by atoms with Crippen molar-refractivity contribution >= 4 is 40.3 Å². The molecule has 2 heterocycles. The lowest BCUT2D eigenvalue weighted by Gasteiger charge is -2.00. The predicted octanol–water partition coefficient (Wildman–Crippen LogP) is 5.69. The van der Waals surface area contributed by atoms with E-state index in [1.54, 1.807) is 36.4 Å². The number of carbonyl (C=O) groups is 1. The first kappa shape index (κ1) is 18.7. The van der Waals surface area contributed by atoms with Crippen molar-refractivity contribution in [2.24, 2.45) is 4.99 Å². The second-order valence-electron chi connectivity index (χ2n) is 6.30. The molecule has 144 valence electrons. The van der Waals surface area contributed by atoms with E-state index in [9.17, 15) is 14.9 Å². The minimum absolute atomic E-state index is 0.0326. The van der Waals surface area contributed by atoms with Crippen LogP contribution in [-0.4, -0.2) is 16.0 Å². The van der Waals surface area contributed by atoms with E-state index in [0.29, 0.717) is 27.8 Å². The van der Waals surface area contributed by atoms with Crippen LogP contribution in [0.25, 0.3) is 17.4 Å². The molecule has 0 aliphatic carbocycles. The van der Waals surface area contributed by atoms with E-state index in [2.05, 4.69) is 10.3 Å². The van der Waals surface area contributed by atoms with Gasteiger partial charge in [-0.05, 0) is 60.7 Å². The van der Waals surface area contributed by atoms with Gasteiger partial charge in [-0.2, -0.15) is 0 Å². The number of rotatable bonds is 4. The van der Waals surface area contributed by atoms with Gasteiger partial charge >= 0.3 is 0 Å². The van der Waals surface area contributed by atoms with Gasteiger partial charge in [0.05, 0.1) is 21.1 Å². The highest BCUT2D eigenvalue weighted by Gasteiger charge is 2.24. The monoisotopic (exact) mass is 405 g/mol. The molecule has 0 saturated carbocycles. The van der Waals surface area contributed by atoms with Gasteiger partial charge in [-0.3, -0.25) is 14.9 Å². The largest absolute Gasteiger partial charge is 0.456 e. The Kier molecular flexibility index (Phi) is 5.01. The first-order valence-electron chi connectivity index (χ1n) is 8.69. The normalized spacial score (nSPS) is 16.4. The van der Waals surface area contributed by atoms with Crippen LogP contribution in [0.15, 0.2) is 75.0 Å². The number of benzene rings is 2. The molecule has 0 unspecified atom stereocenters. The summed E-state index contributed by atoms with van der Waals surface area (Å²) in [5.74, 6) is 1.28. The third-order valence-electron chi connectivity index (χ3n) is 4.17. The van der Waals surface area contributed by atoms with E-state index >= 15 is 0 Å². The number of nitrogens with zero attached hydrogens (tertiary/aromatic N) is 2. The zero-order valence-electron chi connectivity index (χ0n) is 15.3. The number of nitrogens with one attached hydrogen (secondary N) is 1. The molecule has 29 heavy (non-hydrogen) atoms. The average Bonchev–Trinajstić information content (AvgIpc) is 3.28. The first-order valence-corrected chi connectivity index (χ1v) is 9.51. The molecule has 8 heteroatoms. The Labute approximate surface area is 170 Å². The minimum atomic E-state index is -0.446. The number of para-hydroxylation sites is 1. The summed E-state index contributed by atoms with van der Waals surface area (Å²) in [5, 5.41) is 13.7. The van der Waals surface area contributed by atoms with Crippen LogP contribution in [0.3, 0.4) is 0 Å². The van der Waals surface area contributed by atoms with Gasteiger partial charge in [0.25, 0.3) is 10.9 Å². The summed E-state index contributed by atoms with van der Waals surface area (Å²) in [4.78, 5) is 27.8. The number of amides is 1. The molecule has 0 spiro atoms. The molecule has 1 amide bonds. The zero-order valence-corrected chi connectivity index (χ0v) is 16.1. The predicted molar refractivity (Wildman–Crippen MR) is 113 cm³/mol. The molecular formula is C21H15N3O4S. The number of aliphatic imine (C=N–C) groups is 1. The van der Waals surface area contributed by atoms with Crippen molar-refractivity contribution in [1.82, 2.24) is 5.32 Å². The molecule has 2 aromatic carbocycles. The molecule has 1 aliphatic heterocycles. The molecule has 1 aliphatic rings. The Morgan fingerprint density at radius 3 is 2.76 bits per heavy atom. The smallest absolute Gasteiger partial charge is 0.289 e. The van der Waals surface area contributed by atoms with Gasteiger partial charge in [-0.1, -0.05) is 24.3 Å². The summed E-state index contributed by atoms with van der Waals surface area (Å²) in [6.07, 6.45) is 1.69. The number of thioether (sulfide) groups is 1. The third-order valence-corrected chi connectivity index (χ3v) is 4.98. The van der Waals surface area contributed by atoms with E-state index < -0.39 is 4.92 Å². The number of nitro groups is 1. The molecule has 0 radical (unpaired) electrons. The molecular weight excluding hydrogens is 390 g/mol.